The number of carbonyl (C=O) groups is 2. The lowest BCUT2D eigenvalue weighted by atomic mass is 10.2. The fourth-order valence-electron chi connectivity index (χ4n) is 2.21. The van der Waals surface area contributed by atoms with Crippen LogP contribution in [0.25, 0.3) is 11.3 Å². The Morgan fingerprint density at radius 1 is 1.15 bits per heavy atom. The van der Waals surface area contributed by atoms with E-state index < -0.39 is 24.2 Å². The smallest absolute Gasteiger partial charge is 0.325 e. The number of nitrogens with one attached hydrogen (secondary N) is 1. The third kappa shape index (κ3) is 4.92. The van der Waals surface area contributed by atoms with Crippen LogP contribution < -0.4 is 5.32 Å². The molecular formula is C19H14ClFN2O4. The second kappa shape index (κ2) is 8.46. The molecule has 0 aliphatic rings. The number of benzene rings is 2. The number of carbonyl (C=O) groups excluding carboxylic acids is 2. The van der Waals surface area contributed by atoms with Gasteiger partial charge in [0.2, 0.25) is 5.89 Å². The van der Waals surface area contributed by atoms with E-state index in [1.54, 1.807) is 24.3 Å². The van der Waals surface area contributed by atoms with Crippen LogP contribution in [0, 0.1) is 5.82 Å². The van der Waals surface area contributed by atoms with Gasteiger partial charge in [-0.3, -0.25) is 9.59 Å². The molecule has 0 bridgehead atoms. The second-order valence-corrected chi connectivity index (χ2v) is 5.88. The average Bonchev–Trinajstić information content (AvgIpc) is 3.14. The van der Waals surface area contributed by atoms with Gasteiger partial charge in [-0.25, -0.2) is 9.37 Å². The Kier molecular flexibility index (Phi) is 5.83. The van der Waals surface area contributed by atoms with Crippen LogP contribution in [0.1, 0.15) is 16.2 Å². The minimum absolute atomic E-state index is 0.148. The number of oxazole rings is 1. The van der Waals surface area contributed by atoms with Gasteiger partial charge in [0.05, 0.1) is 11.8 Å². The van der Waals surface area contributed by atoms with Gasteiger partial charge in [-0.2, -0.15) is 0 Å². The highest BCUT2D eigenvalue weighted by Crippen LogP contribution is 2.22. The zero-order chi connectivity index (χ0) is 19.2. The fourth-order valence-corrected chi connectivity index (χ4v) is 2.34. The Balaban J connectivity index is 1.49. The molecule has 6 nitrogen and oxygen atoms in total. The molecule has 1 heterocycles. The molecule has 8 heteroatoms. The Labute approximate surface area is 158 Å². The molecule has 1 amide bonds. The molecule has 0 radical (unpaired) electrons. The maximum absolute atomic E-state index is 13.5. The first-order valence-corrected chi connectivity index (χ1v) is 8.30. The number of hydrogen-bond donors (Lipinski definition) is 1. The first-order chi connectivity index (χ1) is 13.0. The van der Waals surface area contributed by atoms with E-state index in [-0.39, 0.29) is 18.1 Å². The zero-order valence-electron chi connectivity index (χ0n) is 13.9. The zero-order valence-corrected chi connectivity index (χ0v) is 14.7. The highest BCUT2D eigenvalue weighted by molar-refractivity contribution is 6.30. The number of aromatic nitrogens is 1. The number of nitrogens with zero attached hydrogens (tertiary/aromatic N) is 1. The molecule has 1 N–H and O–H groups in total. The number of halogens is 2. The third-order valence-corrected chi connectivity index (χ3v) is 3.80. The van der Waals surface area contributed by atoms with Gasteiger partial charge in [0.15, 0.2) is 12.4 Å². The molecule has 0 saturated heterocycles. The Morgan fingerprint density at radius 3 is 2.63 bits per heavy atom. The minimum Gasteiger partial charge on any atom is -0.454 e. The molecule has 0 atom stereocenters. The number of rotatable bonds is 6. The van der Waals surface area contributed by atoms with Crippen molar-refractivity contribution < 1.29 is 23.1 Å². The predicted molar refractivity (Wildman–Crippen MR) is 95.5 cm³/mol. The van der Waals surface area contributed by atoms with Gasteiger partial charge >= 0.3 is 5.97 Å². The number of hydrogen-bond acceptors (Lipinski definition) is 5. The Hall–Kier alpha value is -3.19. The molecule has 3 rings (SSSR count). The van der Waals surface area contributed by atoms with Crippen LogP contribution in [0.2, 0.25) is 5.02 Å². The molecule has 1 aromatic heterocycles. The molecule has 2 aromatic carbocycles. The minimum atomic E-state index is -0.703. The van der Waals surface area contributed by atoms with E-state index in [0.717, 1.165) is 11.6 Å². The van der Waals surface area contributed by atoms with Gasteiger partial charge in [-0.1, -0.05) is 23.7 Å². The number of amides is 1. The van der Waals surface area contributed by atoms with Crippen molar-refractivity contribution in [2.24, 2.45) is 0 Å². The first kappa shape index (κ1) is 18.6. The van der Waals surface area contributed by atoms with Gasteiger partial charge in [0.25, 0.3) is 5.91 Å². The average molecular weight is 389 g/mol. The highest BCUT2D eigenvalue weighted by Gasteiger charge is 2.14. The molecule has 0 saturated carbocycles. The van der Waals surface area contributed by atoms with Gasteiger partial charge < -0.3 is 14.5 Å². The van der Waals surface area contributed by atoms with Crippen molar-refractivity contribution in [3.63, 3.8) is 0 Å². The monoisotopic (exact) mass is 388 g/mol. The van der Waals surface area contributed by atoms with Crippen molar-refractivity contribution in [2.75, 3.05) is 6.54 Å². The van der Waals surface area contributed by atoms with Gasteiger partial charge in [-0.05, 0) is 36.4 Å². The van der Waals surface area contributed by atoms with Crippen LogP contribution in [-0.4, -0.2) is 23.4 Å². The summed E-state index contributed by atoms with van der Waals surface area (Å²) in [6.07, 6.45) is 1.51. The molecule has 0 aliphatic carbocycles. The maximum atomic E-state index is 13.5. The van der Waals surface area contributed by atoms with Crippen molar-refractivity contribution in [3.8, 4) is 11.3 Å². The van der Waals surface area contributed by atoms with E-state index in [2.05, 4.69) is 10.3 Å². The number of ether oxygens (including phenoxy) is 1. The highest BCUT2D eigenvalue weighted by atomic mass is 35.5. The van der Waals surface area contributed by atoms with Crippen LogP contribution in [0.3, 0.4) is 0 Å². The molecule has 3 aromatic rings. The van der Waals surface area contributed by atoms with Gasteiger partial charge in [-0.15, -0.1) is 0 Å². The molecule has 0 fully saturated rings. The first-order valence-electron chi connectivity index (χ1n) is 7.92. The van der Waals surface area contributed by atoms with Crippen LogP contribution in [0.5, 0.6) is 0 Å². The summed E-state index contributed by atoms with van der Waals surface area (Å²) in [4.78, 5) is 27.6. The maximum Gasteiger partial charge on any atom is 0.325 e. The lowest BCUT2D eigenvalue weighted by Gasteiger charge is -2.06. The van der Waals surface area contributed by atoms with E-state index in [0.29, 0.717) is 10.8 Å². The van der Waals surface area contributed by atoms with Gasteiger partial charge in [0.1, 0.15) is 12.4 Å². The second-order valence-electron chi connectivity index (χ2n) is 5.45. The normalized spacial score (nSPS) is 10.4. The van der Waals surface area contributed by atoms with E-state index >= 15 is 0 Å². The molecule has 138 valence electrons. The predicted octanol–water partition coefficient (Wildman–Crippen LogP) is 3.61. The molecule has 0 aliphatic heterocycles. The lowest BCUT2D eigenvalue weighted by molar-refractivity contribution is -0.144. The van der Waals surface area contributed by atoms with E-state index in [1.807, 2.05) is 0 Å². The van der Waals surface area contributed by atoms with E-state index in [9.17, 15) is 14.0 Å². The fraction of sp³-hybridized carbons (Fsp3) is 0.105. The summed E-state index contributed by atoms with van der Waals surface area (Å²) in [7, 11) is 0. The molecular weight excluding hydrogens is 375 g/mol. The van der Waals surface area contributed by atoms with Crippen LogP contribution >= 0.6 is 11.6 Å². The third-order valence-electron chi connectivity index (χ3n) is 3.55. The molecule has 0 spiro atoms. The van der Waals surface area contributed by atoms with Crippen molar-refractivity contribution >= 4 is 23.5 Å². The molecule has 0 unspecified atom stereocenters. The van der Waals surface area contributed by atoms with Crippen molar-refractivity contribution in [3.05, 3.63) is 77.0 Å². The Morgan fingerprint density at radius 2 is 1.89 bits per heavy atom. The summed E-state index contributed by atoms with van der Waals surface area (Å²) in [6, 6.07) is 12.5. The van der Waals surface area contributed by atoms with Crippen LogP contribution in [-0.2, 0) is 16.1 Å². The quantitative estimate of drug-likeness (QED) is 0.652. The van der Waals surface area contributed by atoms with Crippen molar-refractivity contribution in [1.82, 2.24) is 10.3 Å². The lowest BCUT2D eigenvalue weighted by Crippen LogP contribution is -2.31. The summed E-state index contributed by atoms with van der Waals surface area (Å²) in [5.74, 6) is -1.37. The standard InChI is InChI=1S/C19H14ClFN2O4/c20-13-7-5-12(6-8-13)16-9-22-17(27-16)11-26-18(24)10-23-19(25)14-3-1-2-4-15(14)21/h1-9H,10-11H2,(H,23,25). The summed E-state index contributed by atoms with van der Waals surface area (Å²) in [6.45, 7) is -0.597. The van der Waals surface area contributed by atoms with E-state index in [1.165, 1.54) is 24.4 Å². The van der Waals surface area contributed by atoms with Crippen molar-refractivity contribution in [2.45, 2.75) is 6.61 Å². The summed E-state index contributed by atoms with van der Waals surface area (Å²) < 4.78 is 24.0. The van der Waals surface area contributed by atoms with Gasteiger partial charge in [0, 0.05) is 10.6 Å². The number of esters is 1. The Bertz CT molecular complexity index is 956. The molecule has 27 heavy (non-hydrogen) atoms. The van der Waals surface area contributed by atoms with E-state index in [4.69, 9.17) is 20.8 Å². The summed E-state index contributed by atoms with van der Waals surface area (Å²) in [5.41, 5.74) is 0.632. The summed E-state index contributed by atoms with van der Waals surface area (Å²) in [5, 5.41) is 2.90. The van der Waals surface area contributed by atoms with Crippen LogP contribution in [0.4, 0.5) is 4.39 Å². The topological polar surface area (TPSA) is 81.4 Å². The van der Waals surface area contributed by atoms with Crippen molar-refractivity contribution in [1.29, 1.82) is 0 Å². The summed E-state index contributed by atoms with van der Waals surface area (Å²) >= 11 is 5.83. The van der Waals surface area contributed by atoms with Crippen LogP contribution in [0.15, 0.2) is 59.1 Å². The largest absolute Gasteiger partial charge is 0.454 e. The SMILES string of the molecule is O=C(CNC(=O)c1ccccc1F)OCc1ncc(-c2ccc(Cl)cc2)o1.